The Hall–Kier alpha value is -2.14. The Morgan fingerprint density at radius 3 is 2.56 bits per heavy atom. The zero-order valence-electron chi connectivity index (χ0n) is 14.6. The Morgan fingerprint density at radius 1 is 1.15 bits per heavy atom. The van der Waals surface area contributed by atoms with Crippen molar-refractivity contribution in [1.29, 1.82) is 0 Å². The van der Waals surface area contributed by atoms with Crippen molar-refractivity contribution < 1.29 is 13.2 Å². The summed E-state index contributed by atoms with van der Waals surface area (Å²) in [6, 6.07) is 5.63. The quantitative estimate of drug-likeness (QED) is 0.610. The summed E-state index contributed by atoms with van der Waals surface area (Å²) < 4.78 is 27.0. The molecule has 0 aliphatic heterocycles. The first-order valence-corrected chi connectivity index (χ1v) is 11.3. The summed E-state index contributed by atoms with van der Waals surface area (Å²) in [6.45, 7) is 3.32. The molecule has 0 saturated carbocycles. The SMILES string of the molecule is CC(NS(=O)(=O)c1cccs1)C(=O)NC(C)c1nc(-c2ccncc2)cs1. The number of rotatable bonds is 7. The van der Waals surface area contributed by atoms with Crippen LogP contribution in [0.2, 0.25) is 0 Å². The minimum atomic E-state index is -3.70. The molecule has 3 aromatic heterocycles. The lowest BCUT2D eigenvalue weighted by Crippen LogP contribution is -2.45. The smallest absolute Gasteiger partial charge is 0.250 e. The molecule has 3 aromatic rings. The molecule has 0 radical (unpaired) electrons. The third-order valence-electron chi connectivity index (χ3n) is 3.71. The van der Waals surface area contributed by atoms with Crippen LogP contribution >= 0.6 is 22.7 Å². The molecule has 2 unspecified atom stereocenters. The summed E-state index contributed by atoms with van der Waals surface area (Å²) in [6.07, 6.45) is 3.39. The third kappa shape index (κ3) is 4.78. The molecule has 7 nitrogen and oxygen atoms in total. The standard InChI is InChI=1S/C17H18N4O3S3/c1-11(21-27(23,24)15-4-3-9-25-15)16(22)19-12(2)17-20-14(10-26-17)13-5-7-18-8-6-13/h3-12,21H,1-2H3,(H,19,22). The number of pyridine rings is 1. The number of hydrogen-bond donors (Lipinski definition) is 2. The van der Waals surface area contributed by atoms with Gasteiger partial charge in [0.1, 0.15) is 9.22 Å². The van der Waals surface area contributed by atoms with Gasteiger partial charge in [0.2, 0.25) is 5.91 Å². The number of thiophene rings is 1. The number of thiazole rings is 1. The van der Waals surface area contributed by atoms with Crippen LogP contribution in [0.25, 0.3) is 11.3 Å². The highest BCUT2D eigenvalue weighted by atomic mass is 32.2. The van der Waals surface area contributed by atoms with Gasteiger partial charge in [0, 0.05) is 23.3 Å². The highest BCUT2D eigenvalue weighted by Crippen LogP contribution is 2.25. The van der Waals surface area contributed by atoms with Crippen LogP contribution in [0, 0.1) is 0 Å². The molecule has 3 heterocycles. The predicted molar refractivity (Wildman–Crippen MR) is 106 cm³/mol. The molecule has 27 heavy (non-hydrogen) atoms. The molecule has 0 spiro atoms. The molecule has 0 fully saturated rings. The van der Waals surface area contributed by atoms with Crippen LogP contribution in [-0.2, 0) is 14.8 Å². The van der Waals surface area contributed by atoms with E-state index in [0.717, 1.165) is 27.6 Å². The second kappa shape index (κ2) is 8.26. The summed E-state index contributed by atoms with van der Waals surface area (Å²) in [5, 5.41) is 7.12. The lowest BCUT2D eigenvalue weighted by molar-refractivity contribution is -0.123. The minimum Gasteiger partial charge on any atom is -0.346 e. The molecule has 1 amide bonds. The fraction of sp³-hybridized carbons (Fsp3) is 0.235. The van der Waals surface area contributed by atoms with E-state index in [1.165, 1.54) is 24.3 Å². The monoisotopic (exact) mass is 422 g/mol. The number of hydrogen-bond acceptors (Lipinski definition) is 7. The van der Waals surface area contributed by atoms with Gasteiger partial charge in [0.05, 0.1) is 17.8 Å². The fourth-order valence-electron chi connectivity index (χ4n) is 2.30. The van der Waals surface area contributed by atoms with Crippen molar-refractivity contribution >= 4 is 38.6 Å². The van der Waals surface area contributed by atoms with Crippen LogP contribution in [0.5, 0.6) is 0 Å². The Kier molecular flexibility index (Phi) is 6.00. The second-order valence-corrected chi connectivity index (χ2v) is 9.59. The van der Waals surface area contributed by atoms with Gasteiger partial charge in [0.25, 0.3) is 10.0 Å². The lowest BCUT2D eigenvalue weighted by atomic mass is 10.2. The minimum absolute atomic E-state index is 0.178. The molecule has 0 bridgehead atoms. The highest BCUT2D eigenvalue weighted by molar-refractivity contribution is 7.91. The average molecular weight is 423 g/mol. The topological polar surface area (TPSA) is 101 Å². The van der Waals surface area contributed by atoms with E-state index in [4.69, 9.17) is 0 Å². The molecule has 0 aliphatic rings. The van der Waals surface area contributed by atoms with Crippen molar-refractivity contribution in [2.75, 3.05) is 0 Å². The number of carbonyl (C=O) groups excluding carboxylic acids is 1. The van der Waals surface area contributed by atoms with Gasteiger partial charge in [-0.1, -0.05) is 6.07 Å². The molecular formula is C17H18N4O3S3. The van der Waals surface area contributed by atoms with Crippen molar-refractivity contribution in [2.45, 2.75) is 30.1 Å². The Morgan fingerprint density at radius 2 is 1.89 bits per heavy atom. The van der Waals surface area contributed by atoms with Crippen molar-refractivity contribution in [1.82, 2.24) is 20.0 Å². The molecule has 0 aliphatic carbocycles. The van der Waals surface area contributed by atoms with E-state index < -0.39 is 22.0 Å². The van der Waals surface area contributed by atoms with Gasteiger partial charge < -0.3 is 5.32 Å². The van der Waals surface area contributed by atoms with Crippen LogP contribution in [0.15, 0.2) is 51.6 Å². The number of nitrogens with one attached hydrogen (secondary N) is 2. The molecule has 0 saturated heterocycles. The predicted octanol–water partition coefficient (Wildman–Crippen LogP) is 2.81. The average Bonchev–Trinajstić information content (AvgIpc) is 3.34. The number of nitrogens with zero attached hydrogens (tertiary/aromatic N) is 2. The molecule has 3 rings (SSSR count). The van der Waals surface area contributed by atoms with Gasteiger partial charge in [-0.2, -0.15) is 4.72 Å². The first kappa shape index (κ1) is 19.6. The van der Waals surface area contributed by atoms with Crippen LogP contribution in [0.4, 0.5) is 0 Å². The Labute approximate surface area is 165 Å². The largest absolute Gasteiger partial charge is 0.346 e. The number of sulfonamides is 1. The number of aromatic nitrogens is 2. The maximum atomic E-state index is 12.4. The molecular weight excluding hydrogens is 404 g/mol. The maximum Gasteiger partial charge on any atom is 0.250 e. The fourth-order valence-corrected chi connectivity index (χ4v) is 5.35. The highest BCUT2D eigenvalue weighted by Gasteiger charge is 2.24. The Balaban J connectivity index is 1.63. The van der Waals surface area contributed by atoms with Crippen LogP contribution in [0.1, 0.15) is 24.9 Å². The molecule has 2 N–H and O–H groups in total. The van der Waals surface area contributed by atoms with Gasteiger partial charge >= 0.3 is 0 Å². The van der Waals surface area contributed by atoms with E-state index in [9.17, 15) is 13.2 Å². The summed E-state index contributed by atoms with van der Waals surface area (Å²) in [4.78, 5) is 20.9. The van der Waals surface area contributed by atoms with Crippen molar-refractivity contribution in [3.8, 4) is 11.3 Å². The number of carbonyl (C=O) groups is 1. The Bertz CT molecular complexity index is 1000. The van der Waals surface area contributed by atoms with E-state index in [0.29, 0.717) is 0 Å². The normalized spacial score (nSPS) is 13.9. The third-order valence-corrected chi connectivity index (χ3v) is 7.68. The summed E-state index contributed by atoms with van der Waals surface area (Å²) in [5.41, 5.74) is 1.76. The zero-order chi connectivity index (χ0) is 19.4. The van der Waals surface area contributed by atoms with Crippen LogP contribution < -0.4 is 10.0 Å². The first-order chi connectivity index (χ1) is 12.9. The summed E-state index contributed by atoms with van der Waals surface area (Å²) in [5.74, 6) is -0.414. The van der Waals surface area contributed by atoms with Gasteiger partial charge in [-0.05, 0) is 37.4 Å². The number of amides is 1. The molecule has 10 heteroatoms. The first-order valence-electron chi connectivity index (χ1n) is 8.09. The lowest BCUT2D eigenvalue weighted by Gasteiger charge is -2.17. The van der Waals surface area contributed by atoms with Crippen LogP contribution in [-0.4, -0.2) is 30.3 Å². The van der Waals surface area contributed by atoms with E-state index >= 15 is 0 Å². The van der Waals surface area contributed by atoms with E-state index in [1.54, 1.807) is 23.8 Å². The summed E-state index contributed by atoms with van der Waals surface area (Å²) in [7, 11) is -3.70. The molecule has 142 valence electrons. The van der Waals surface area contributed by atoms with Gasteiger partial charge in [0.15, 0.2) is 0 Å². The van der Waals surface area contributed by atoms with Gasteiger partial charge in [-0.15, -0.1) is 22.7 Å². The van der Waals surface area contributed by atoms with E-state index in [-0.39, 0.29) is 10.3 Å². The summed E-state index contributed by atoms with van der Waals surface area (Å²) >= 11 is 2.53. The van der Waals surface area contributed by atoms with Crippen molar-refractivity contribution in [3.05, 3.63) is 52.4 Å². The molecule has 2 atom stereocenters. The van der Waals surface area contributed by atoms with E-state index in [2.05, 4.69) is 20.0 Å². The van der Waals surface area contributed by atoms with Crippen molar-refractivity contribution in [3.63, 3.8) is 0 Å². The maximum absolute atomic E-state index is 12.4. The van der Waals surface area contributed by atoms with Gasteiger partial charge in [-0.3, -0.25) is 9.78 Å². The van der Waals surface area contributed by atoms with Gasteiger partial charge in [-0.25, -0.2) is 13.4 Å². The molecule has 0 aromatic carbocycles. The zero-order valence-corrected chi connectivity index (χ0v) is 17.1. The van der Waals surface area contributed by atoms with Crippen LogP contribution in [0.3, 0.4) is 0 Å². The van der Waals surface area contributed by atoms with Crippen molar-refractivity contribution in [2.24, 2.45) is 0 Å². The van der Waals surface area contributed by atoms with E-state index in [1.807, 2.05) is 24.4 Å². The second-order valence-electron chi connectivity index (χ2n) is 5.81.